The van der Waals surface area contributed by atoms with Crippen LogP contribution < -0.4 is 10.2 Å². The summed E-state index contributed by atoms with van der Waals surface area (Å²) in [5.74, 6) is -0.964. The molecule has 17 heavy (non-hydrogen) atoms. The minimum Gasteiger partial charge on any atom is -0.354 e. The van der Waals surface area contributed by atoms with Crippen molar-refractivity contribution in [3.8, 4) is 0 Å². The summed E-state index contributed by atoms with van der Waals surface area (Å²) in [7, 11) is 1.91. The first-order chi connectivity index (χ1) is 8.04. The molecule has 1 saturated heterocycles. The Morgan fingerprint density at radius 1 is 1.53 bits per heavy atom. The van der Waals surface area contributed by atoms with Gasteiger partial charge in [0, 0.05) is 25.7 Å². The summed E-state index contributed by atoms with van der Waals surface area (Å²) < 4.78 is 26.4. The van der Waals surface area contributed by atoms with Crippen LogP contribution >= 0.6 is 0 Å². The van der Waals surface area contributed by atoms with Gasteiger partial charge in [-0.2, -0.15) is 0 Å². The molecule has 1 unspecified atom stereocenters. The molecule has 0 amide bonds. The van der Waals surface area contributed by atoms with Crippen molar-refractivity contribution in [2.45, 2.75) is 13.3 Å². The van der Waals surface area contributed by atoms with Gasteiger partial charge in [-0.25, -0.2) is 13.8 Å². The summed E-state index contributed by atoms with van der Waals surface area (Å²) in [6.07, 6.45) is 2.04. The fourth-order valence-electron chi connectivity index (χ4n) is 2.42. The lowest BCUT2D eigenvalue weighted by molar-refractivity contribution is 0.355. The van der Waals surface area contributed by atoms with Gasteiger partial charge in [0.2, 0.25) is 0 Å². The summed E-state index contributed by atoms with van der Waals surface area (Å²) in [5.41, 5.74) is 0.122. The first-order valence-electron chi connectivity index (χ1n) is 5.75. The van der Waals surface area contributed by atoms with Crippen LogP contribution in [0.5, 0.6) is 0 Å². The van der Waals surface area contributed by atoms with Crippen LogP contribution in [0.3, 0.4) is 0 Å². The fraction of sp³-hybridized carbons (Fsp3) is 0.583. The van der Waals surface area contributed by atoms with Crippen LogP contribution in [0, 0.1) is 17.0 Å². The normalized spacial score (nSPS) is 24.4. The van der Waals surface area contributed by atoms with Crippen molar-refractivity contribution in [3.63, 3.8) is 0 Å². The zero-order valence-electron chi connectivity index (χ0n) is 10.1. The zero-order valence-corrected chi connectivity index (χ0v) is 10.1. The Labute approximate surface area is 99.8 Å². The molecule has 0 spiro atoms. The number of nitrogens with zero attached hydrogens (tertiary/aromatic N) is 2. The third kappa shape index (κ3) is 2.54. The maximum Gasteiger partial charge on any atom is 0.168 e. The summed E-state index contributed by atoms with van der Waals surface area (Å²) in [5, 5.41) is 3.15. The monoisotopic (exact) mass is 241 g/mol. The highest BCUT2D eigenvalue weighted by molar-refractivity contribution is 5.41. The molecule has 1 N–H and O–H groups in total. The van der Waals surface area contributed by atoms with Crippen LogP contribution in [0.15, 0.2) is 12.3 Å². The average molecular weight is 241 g/mol. The Kier molecular flexibility index (Phi) is 3.28. The van der Waals surface area contributed by atoms with Crippen molar-refractivity contribution < 1.29 is 8.78 Å². The van der Waals surface area contributed by atoms with E-state index in [1.54, 1.807) is 0 Å². The van der Waals surface area contributed by atoms with Gasteiger partial charge in [-0.05, 0) is 18.9 Å². The lowest BCUT2D eigenvalue weighted by atomic mass is 9.90. The first-order valence-corrected chi connectivity index (χ1v) is 5.75. The van der Waals surface area contributed by atoms with Crippen LogP contribution in [-0.2, 0) is 0 Å². The molecule has 1 atom stereocenters. The van der Waals surface area contributed by atoms with E-state index >= 15 is 0 Å². The zero-order chi connectivity index (χ0) is 12.5. The number of pyridine rings is 1. The maximum absolute atomic E-state index is 13.6. The molecule has 0 aromatic carbocycles. The molecule has 1 aliphatic heterocycles. The highest BCUT2D eigenvalue weighted by atomic mass is 19.1. The van der Waals surface area contributed by atoms with E-state index in [9.17, 15) is 8.78 Å². The van der Waals surface area contributed by atoms with Gasteiger partial charge in [-0.15, -0.1) is 0 Å². The van der Waals surface area contributed by atoms with Gasteiger partial charge in [0.15, 0.2) is 11.6 Å². The second-order valence-corrected chi connectivity index (χ2v) is 4.97. The van der Waals surface area contributed by atoms with Crippen molar-refractivity contribution in [2.24, 2.45) is 5.41 Å². The predicted molar refractivity (Wildman–Crippen MR) is 63.0 cm³/mol. The van der Waals surface area contributed by atoms with Crippen LogP contribution in [0.4, 0.5) is 14.6 Å². The maximum atomic E-state index is 13.6. The number of aromatic nitrogens is 1. The fourth-order valence-corrected chi connectivity index (χ4v) is 2.42. The average Bonchev–Trinajstić information content (AvgIpc) is 2.61. The molecule has 1 aromatic rings. The smallest absolute Gasteiger partial charge is 0.168 e. The summed E-state index contributed by atoms with van der Waals surface area (Å²) in [6, 6.07) is 0.885. The molecule has 1 aromatic heterocycles. The number of nitrogens with one attached hydrogen (secondary N) is 1. The van der Waals surface area contributed by atoms with Crippen molar-refractivity contribution in [1.29, 1.82) is 0 Å². The van der Waals surface area contributed by atoms with Crippen molar-refractivity contribution in [2.75, 3.05) is 31.6 Å². The van der Waals surface area contributed by atoms with E-state index in [0.717, 1.165) is 38.3 Å². The molecule has 2 rings (SSSR count). The lowest BCUT2D eigenvalue weighted by Crippen LogP contribution is -2.33. The predicted octanol–water partition coefficient (Wildman–Crippen LogP) is 1.80. The highest BCUT2D eigenvalue weighted by Gasteiger charge is 2.34. The first kappa shape index (κ1) is 12.2. The molecule has 3 nitrogen and oxygen atoms in total. The van der Waals surface area contributed by atoms with E-state index in [-0.39, 0.29) is 11.2 Å². The van der Waals surface area contributed by atoms with Crippen molar-refractivity contribution in [1.82, 2.24) is 10.3 Å². The molecular formula is C12H17F2N3. The molecule has 1 fully saturated rings. The van der Waals surface area contributed by atoms with E-state index in [4.69, 9.17) is 0 Å². The van der Waals surface area contributed by atoms with Crippen molar-refractivity contribution >= 4 is 5.82 Å². The molecule has 94 valence electrons. The summed E-state index contributed by atoms with van der Waals surface area (Å²) in [6.45, 7) is 4.54. The Morgan fingerprint density at radius 2 is 2.29 bits per heavy atom. The Morgan fingerprint density at radius 3 is 2.94 bits per heavy atom. The second kappa shape index (κ2) is 4.56. The Balaban J connectivity index is 2.15. The number of hydrogen-bond donors (Lipinski definition) is 1. The summed E-state index contributed by atoms with van der Waals surface area (Å²) in [4.78, 5) is 5.72. The van der Waals surface area contributed by atoms with Gasteiger partial charge in [0.1, 0.15) is 5.82 Å². The molecule has 0 aliphatic carbocycles. The standard InChI is InChI=1S/C12H17F2N3/c1-12(7-15-2)3-4-17(8-12)11-10(14)5-9(13)6-16-11/h5-6,15H,3-4,7-8H2,1-2H3. The topological polar surface area (TPSA) is 28.2 Å². The molecule has 0 radical (unpaired) electrons. The van der Waals surface area contributed by atoms with E-state index < -0.39 is 11.6 Å². The third-order valence-electron chi connectivity index (χ3n) is 3.25. The number of anilines is 1. The molecule has 1 aliphatic rings. The van der Waals surface area contributed by atoms with Gasteiger partial charge in [-0.3, -0.25) is 0 Å². The van der Waals surface area contributed by atoms with Crippen LogP contribution in [0.1, 0.15) is 13.3 Å². The Hall–Kier alpha value is -1.23. The minimum absolute atomic E-state index is 0.122. The minimum atomic E-state index is -0.636. The Bertz CT molecular complexity index is 411. The van der Waals surface area contributed by atoms with Crippen molar-refractivity contribution in [3.05, 3.63) is 23.9 Å². The molecule has 0 bridgehead atoms. The van der Waals surface area contributed by atoms with Gasteiger partial charge < -0.3 is 10.2 Å². The van der Waals surface area contributed by atoms with Gasteiger partial charge in [0.05, 0.1) is 6.20 Å². The van der Waals surface area contributed by atoms with Gasteiger partial charge in [-0.1, -0.05) is 6.92 Å². The van der Waals surface area contributed by atoms with Crippen LogP contribution in [-0.4, -0.2) is 31.7 Å². The van der Waals surface area contributed by atoms with E-state index in [1.807, 2.05) is 11.9 Å². The number of halogens is 2. The molecule has 2 heterocycles. The molecular weight excluding hydrogens is 224 g/mol. The summed E-state index contributed by atoms with van der Waals surface area (Å²) >= 11 is 0. The van der Waals surface area contributed by atoms with E-state index in [1.165, 1.54) is 0 Å². The quantitative estimate of drug-likeness (QED) is 0.874. The second-order valence-electron chi connectivity index (χ2n) is 4.97. The molecule has 5 heteroatoms. The number of hydrogen-bond acceptors (Lipinski definition) is 3. The largest absolute Gasteiger partial charge is 0.354 e. The van der Waals surface area contributed by atoms with Gasteiger partial charge in [0.25, 0.3) is 0 Å². The van der Waals surface area contributed by atoms with Gasteiger partial charge >= 0.3 is 0 Å². The highest BCUT2D eigenvalue weighted by Crippen LogP contribution is 2.32. The lowest BCUT2D eigenvalue weighted by Gasteiger charge is -2.24. The number of rotatable bonds is 3. The third-order valence-corrected chi connectivity index (χ3v) is 3.25. The van der Waals surface area contributed by atoms with Crippen LogP contribution in [0.2, 0.25) is 0 Å². The SMILES string of the molecule is CNCC1(C)CCN(c2ncc(F)cc2F)C1. The van der Waals surface area contributed by atoms with E-state index in [2.05, 4.69) is 17.2 Å². The molecule has 0 saturated carbocycles. The van der Waals surface area contributed by atoms with E-state index in [0.29, 0.717) is 0 Å². The van der Waals surface area contributed by atoms with Crippen LogP contribution in [0.25, 0.3) is 0 Å².